The van der Waals surface area contributed by atoms with Crippen molar-refractivity contribution in [1.82, 2.24) is 5.32 Å². The number of ether oxygens (including phenoxy) is 2. The number of carbonyl (C=O) groups is 1. The number of methoxy groups -OCH3 is 2. The van der Waals surface area contributed by atoms with E-state index in [4.69, 9.17) is 9.47 Å². The summed E-state index contributed by atoms with van der Waals surface area (Å²) in [6.45, 7) is 10.9. The summed E-state index contributed by atoms with van der Waals surface area (Å²) in [4.78, 5) is 11.8. The fraction of sp³-hybridized carbons (Fsp3) is 0.923. The normalized spacial score (nSPS) is 15.8. The third-order valence-electron chi connectivity index (χ3n) is 2.83. The summed E-state index contributed by atoms with van der Waals surface area (Å²) < 4.78 is 10.0. The van der Waals surface area contributed by atoms with Crippen LogP contribution in [0.5, 0.6) is 0 Å². The van der Waals surface area contributed by atoms with Gasteiger partial charge in [0.1, 0.15) is 6.04 Å². The Hall–Kier alpha value is -0.610. The molecular weight excluding hydrogens is 218 g/mol. The molecule has 0 aromatic heterocycles. The molecule has 0 aliphatic heterocycles. The predicted octanol–water partition coefficient (Wildman–Crippen LogP) is 1.83. The summed E-state index contributed by atoms with van der Waals surface area (Å²) in [5, 5.41) is 3.35. The van der Waals surface area contributed by atoms with Gasteiger partial charge in [0, 0.05) is 13.2 Å². The van der Waals surface area contributed by atoms with E-state index in [1.54, 1.807) is 7.11 Å². The standard InChI is InChI=1S/C13H27NO3/c1-9(2)10(8-16-6)14-11(12(15)17-7)13(3,4)5/h9-11,14H,8H2,1-7H3/t10-,11-/m1/s1. The minimum atomic E-state index is -0.324. The van der Waals surface area contributed by atoms with Crippen LogP contribution in [0.15, 0.2) is 0 Å². The second-order valence-electron chi connectivity index (χ2n) is 5.79. The maximum atomic E-state index is 11.8. The van der Waals surface area contributed by atoms with Crippen LogP contribution in [-0.2, 0) is 14.3 Å². The van der Waals surface area contributed by atoms with Gasteiger partial charge < -0.3 is 9.47 Å². The second-order valence-corrected chi connectivity index (χ2v) is 5.79. The lowest BCUT2D eigenvalue weighted by Gasteiger charge is -2.34. The fourth-order valence-electron chi connectivity index (χ4n) is 1.62. The lowest BCUT2D eigenvalue weighted by atomic mass is 9.85. The number of hydrogen-bond donors (Lipinski definition) is 1. The molecule has 4 nitrogen and oxygen atoms in total. The highest BCUT2D eigenvalue weighted by Crippen LogP contribution is 2.21. The molecular formula is C13H27NO3. The maximum absolute atomic E-state index is 11.8. The van der Waals surface area contributed by atoms with E-state index in [9.17, 15) is 4.79 Å². The first-order valence-electron chi connectivity index (χ1n) is 6.06. The highest BCUT2D eigenvalue weighted by Gasteiger charge is 2.34. The van der Waals surface area contributed by atoms with E-state index >= 15 is 0 Å². The zero-order chi connectivity index (χ0) is 13.6. The van der Waals surface area contributed by atoms with E-state index in [-0.39, 0.29) is 23.5 Å². The minimum absolute atomic E-state index is 0.142. The van der Waals surface area contributed by atoms with Crippen molar-refractivity contribution < 1.29 is 14.3 Å². The van der Waals surface area contributed by atoms with E-state index in [0.29, 0.717) is 12.5 Å². The van der Waals surface area contributed by atoms with Gasteiger partial charge in [0.15, 0.2) is 0 Å². The summed E-state index contributed by atoms with van der Waals surface area (Å²) in [7, 11) is 3.09. The van der Waals surface area contributed by atoms with Gasteiger partial charge in [-0.15, -0.1) is 0 Å². The Bertz CT molecular complexity index is 233. The van der Waals surface area contributed by atoms with Crippen molar-refractivity contribution in [2.24, 2.45) is 11.3 Å². The van der Waals surface area contributed by atoms with Gasteiger partial charge in [0.05, 0.1) is 13.7 Å². The molecule has 0 saturated heterocycles. The van der Waals surface area contributed by atoms with Crippen LogP contribution in [0.1, 0.15) is 34.6 Å². The van der Waals surface area contributed by atoms with Crippen LogP contribution in [0, 0.1) is 11.3 Å². The largest absolute Gasteiger partial charge is 0.468 e. The van der Waals surface area contributed by atoms with Crippen LogP contribution in [0.4, 0.5) is 0 Å². The Labute approximate surface area is 105 Å². The molecule has 0 aromatic rings. The molecule has 0 fully saturated rings. The zero-order valence-corrected chi connectivity index (χ0v) is 12.2. The monoisotopic (exact) mass is 245 g/mol. The number of carbonyl (C=O) groups excluding carboxylic acids is 1. The van der Waals surface area contributed by atoms with E-state index in [2.05, 4.69) is 19.2 Å². The van der Waals surface area contributed by atoms with Crippen molar-refractivity contribution in [1.29, 1.82) is 0 Å². The van der Waals surface area contributed by atoms with Crippen LogP contribution in [-0.4, -0.2) is 38.9 Å². The number of nitrogens with one attached hydrogen (secondary N) is 1. The lowest BCUT2D eigenvalue weighted by molar-refractivity contribution is -0.146. The quantitative estimate of drug-likeness (QED) is 0.725. The van der Waals surface area contributed by atoms with Gasteiger partial charge in [0.2, 0.25) is 0 Å². The highest BCUT2D eigenvalue weighted by atomic mass is 16.5. The minimum Gasteiger partial charge on any atom is -0.468 e. The molecule has 0 amide bonds. The molecule has 102 valence electrons. The van der Waals surface area contributed by atoms with Gasteiger partial charge in [-0.1, -0.05) is 34.6 Å². The molecule has 0 unspecified atom stereocenters. The summed E-state index contributed by atoms with van der Waals surface area (Å²) in [6, 6.07) is -0.182. The Kier molecular flexibility index (Phi) is 6.72. The SMILES string of the molecule is COC[C@@H](N[C@H](C(=O)OC)C(C)(C)C)C(C)C. The van der Waals surface area contributed by atoms with Crippen molar-refractivity contribution in [3.05, 3.63) is 0 Å². The van der Waals surface area contributed by atoms with Crippen molar-refractivity contribution in [3.8, 4) is 0 Å². The molecule has 0 aliphatic rings. The maximum Gasteiger partial charge on any atom is 0.323 e. The Morgan fingerprint density at radius 2 is 1.76 bits per heavy atom. The van der Waals surface area contributed by atoms with Gasteiger partial charge in [0.25, 0.3) is 0 Å². The summed E-state index contributed by atoms with van der Waals surface area (Å²) in [6.07, 6.45) is 0. The molecule has 4 heteroatoms. The van der Waals surface area contributed by atoms with E-state index in [0.717, 1.165) is 0 Å². The predicted molar refractivity (Wildman–Crippen MR) is 68.9 cm³/mol. The molecule has 0 bridgehead atoms. The third-order valence-corrected chi connectivity index (χ3v) is 2.83. The first-order chi connectivity index (χ1) is 7.73. The van der Waals surface area contributed by atoms with Gasteiger partial charge in [-0.2, -0.15) is 0 Å². The van der Waals surface area contributed by atoms with E-state index in [1.165, 1.54) is 7.11 Å². The number of esters is 1. The van der Waals surface area contributed by atoms with Crippen LogP contribution in [0.3, 0.4) is 0 Å². The average molecular weight is 245 g/mol. The van der Waals surface area contributed by atoms with Crippen molar-refractivity contribution >= 4 is 5.97 Å². The molecule has 17 heavy (non-hydrogen) atoms. The van der Waals surface area contributed by atoms with Crippen molar-refractivity contribution in [3.63, 3.8) is 0 Å². The van der Waals surface area contributed by atoms with Gasteiger partial charge in [-0.25, -0.2) is 0 Å². The molecule has 0 aliphatic carbocycles. The Morgan fingerprint density at radius 3 is 2.06 bits per heavy atom. The molecule has 0 heterocycles. The average Bonchev–Trinajstić information content (AvgIpc) is 2.20. The molecule has 0 radical (unpaired) electrons. The van der Waals surface area contributed by atoms with E-state index in [1.807, 2.05) is 20.8 Å². The zero-order valence-electron chi connectivity index (χ0n) is 12.2. The topological polar surface area (TPSA) is 47.6 Å². The van der Waals surface area contributed by atoms with Gasteiger partial charge >= 0.3 is 5.97 Å². The van der Waals surface area contributed by atoms with Crippen LogP contribution >= 0.6 is 0 Å². The molecule has 2 atom stereocenters. The van der Waals surface area contributed by atoms with E-state index < -0.39 is 0 Å². The summed E-state index contributed by atoms with van der Waals surface area (Å²) in [5.74, 6) is 0.170. The van der Waals surface area contributed by atoms with Gasteiger partial charge in [-0.05, 0) is 11.3 Å². The van der Waals surface area contributed by atoms with Crippen LogP contribution in [0.25, 0.3) is 0 Å². The molecule has 0 aromatic carbocycles. The molecule has 0 rings (SSSR count). The molecule has 0 saturated carbocycles. The number of hydrogen-bond acceptors (Lipinski definition) is 4. The summed E-state index contributed by atoms with van der Waals surface area (Å²) in [5.41, 5.74) is -0.187. The molecule has 0 spiro atoms. The smallest absolute Gasteiger partial charge is 0.323 e. The summed E-state index contributed by atoms with van der Waals surface area (Å²) >= 11 is 0. The third kappa shape index (κ3) is 5.50. The number of rotatable bonds is 6. The Balaban J connectivity index is 4.77. The first kappa shape index (κ1) is 16.4. The highest BCUT2D eigenvalue weighted by molar-refractivity contribution is 5.76. The lowest BCUT2D eigenvalue weighted by Crippen LogP contribution is -2.54. The molecule has 1 N–H and O–H groups in total. The first-order valence-corrected chi connectivity index (χ1v) is 6.06. The Morgan fingerprint density at radius 1 is 1.24 bits per heavy atom. The van der Waals surface area contributed by atoms with Gasteiger partial charge in [-0.3, -0.25) is 10.1 Å². The second kappa shape index (κ2) is 6.97. The van der Waals surface area contributed by atoms with Crippen molar-refractivity contribution in [2.45, 2.75) is 46.7 Å². The van der Waals surface area contributed by atoms with Crippen LogP contribution in [0.2, 0.25) is 0 Å². The fourth-order valence-corrected chi connectivity index (χ4v) is 1.62. The van der Waals surface area contributed by atoms with Crippen molar-refractivity contribution in [2.75, 3.05) is 20.8 Å². The van der Waals surface area contributed by atoms with Crippen LogP contribution < -0.4 is 5.32 Å².